The SMILES string of the molecule is COc1cccc(Cl)c1Nc1c(NCc2ccc(-c3noc(C(F)(F)F)n3)cn2)c(=O)c1=O. The van der Waals surface area contributed by atoms with Gasteiger partial charge in [0.05, 0.1) is 24.4 Å². The predicted molar refractivity (Wildman–Crippen MR) is 112 cm³/mol. The summed E-state index contributed by atoms with van der Waals surface area (Å²) in [5, 5.41) is 9.24. The molecule has 0 aliphatic carbocycles. The van der Waals surface area contributed by atoms with Gasteiger partial charge in [-0.2, -0.15) is 18.2 Å². The fourth-order valence-electron chi connectivity index (χ4n) is 2.90. The highest BCUT2D eigenvalue weighted by Gasteiger charge is 2.38. The zero-order chi connectivity index (χ0) is 23.8. The van der Waals surface area contributed by atoms with Crippen molar-refractivity contribution in [1.29, 1.82) is 0 Å². The summed E-state index contributed by atoms with van der Waals surface area (Å²) in [6.07, 6.45) is -3.49. The van der Waals surface area contributed by atoms with Crippen LogP contribution in [0.3, 0.4) is 0 Å². The van der Waals surface area contributed by atoms with Crippen molar-refractivity contribution in [3.05, 3.63) is 73.6 Å². The fourth-order valence-corrected chi connectivity index (χ4v) is 3.11. The maximum absolute atomic E-state index is 12.6. The van der Waals surface area contributed by atoms with Gasteiger partial charge in [0.2, 0.25) is 5.82 Å². The Hall–Kier alpha value is -3.93. The number of halogens is 4. The Morgan fingerprint density at radius 2 is 1.85 bits per heavy atom. The van der Waals surface area contributed by atoms with Crippen LogP contribution in [-0.2, 0) is 12.7 Å². The van der Waals surface area contributed by atoms with E-state index in [0.29, 0.717) is 22.2 Å². The summed E-state index contributed by atoms with van der Waals surface area (Å²) < 4.78 is 47.2. The predicted octanol–water partition coefficient (Wildman–Crippen LogP) is 3.76. The second-order valence-electron chi connectivity index (χ2n) is 6.66. The minimum atomic E-state index is -4.75. The lowest BCUT2D eigenvalue weighted by Crippen LogP contribution is -2.36. The number of aromatic nitrogens is 3. The van der Waals surface area contributed by atoms with E-state index in [2.05, 4.69) is 30.3 Å². The Morgan fingerprint density at radius 1 is 1.09 bits per heavy atom. The molecule has 0 radical (unpaired) electrons. The number of para-hydroxylation sites is 1. The first-order chi connectivity index (χ1) is 15.7. The first kappa shape index (κ1) is 22.3. The molecule has 2 heterocycles. The second-order valence-corrected chi connectivity index (χ2v) is 7.07. The maximum atomic E-state index is 12.6. The van der Waals surface area contributed by atoms with E-state index in [0.717, 1.165) is 0 Å². The molecule has 2 aromatic carbocycles. The molecule has 0 fully saturated rings. The number of hydrogen-bond acceptors (Lipinski definition) is 9. The van der Waals surface area contributed by atoms with Crippen LogP contribution in [0.5, 0.6) is 5.75 Å². The third kappa shape index (κ3) is 4.37. The van der Waals surface area contributed by atoms with Gasteiger partial charge in [0.1, 0.15) is 22.8 Å². The molecule has 0 amide bonds. The van der Waals surface area contributed by atoms with E-state index in [4.69, 9.17) is 16.3 Å². The molecule has 33 heavy (non-hydrogen) atoms. The molecular formula is C20H13ClF3N5O4. The van der Waals surface area contributed by atoms with Crippen LogP contribution in [0.4, 0.5) is 30.2 Å². The molecule has 0 aliphatic heterocycles. The second kappa shape index (κ2) is 8.54. The normalized spacial score (nSPS) is 11.5. The van der Waals surface area contributed by atoms with Crippen LogP contribution >= 0.6 is 11.6 Å². The quantitative estimate of drug-likeness (QED) is 0.382. The van der Waals surface area contributed by atoms with Crippen LogP contribution < -0.4 is 26.2 Å². The Kier molecular flexibility index (Phi) is 5.77. The summed E-state index contributed by atoms with van der Waals surface area (Å²) in [4.78, 5) is 31.5. The third-order valence-corrected chi connectivity index (χ3v) is 4.87. The van der Waals surface area contributed by atoms with Crippen LogP contribution in [0.25, 0.3) is 11.4 Å². The van der Waals surface area contributed by atoms with Crippen LogP contribution in [0.1, 0.15) is 11.6 Å². The van der Waals surface area contributed by atoms with Gasteiger partial charge in [-0.3, -0.25) is 14.6 Å². The van der Waals surface area contributed by atoms with Gasteiger partial charge >= 0.3 is 12.1 Å². The van der Waals surface area contributed by atoms with E-state index in [1.165, 1.54) is 25.4 Å². The number of anilines is 3. The zero-order valence-corrected chi connectivity index (χ0v) is 17.4. The topological polar surface area (TPSA) is 119 Å². The Morgan fingerprint density at radius 3 is 2.48 bits per heavy atom. The monoisotopic (exact) mass is 479 g/mol. The minimum Gasteiger partial charge on any atom is -0.495 e. The Labute approximate surface area is 187 Å². The van der Waals surface area contributed by atoms with Gasteiger partial charge < -0.3 is 19.9 Å². The van der Waals surface area contributed by atoms with Crippen molar-refractivity contribution in [2.24, 2.45) is 0 Å². The van der Waals surface area contributed by atoms with Crippen LogP contribution in [0.2, 0.25) is 5.02 Å². The molecule has 0 unspecified atom stereocenters. The molecule has 0 aliphatic rings. The van der Waals surface area contributed by atoms with Crippen molar-refractivity contribution in [3.8, 4) is 17.1 Å². The smallest absolute Gasteiger partial charge is 0.471 e. The average molecular weight is 480 g/mol. The van der Waals surface area contributed by atoms with E-state index in [-0.39, 0.29) is 29.3 Å². The molecule has 13 heteroatoms. The molecule has 0 saturated heterocycles. The summed E-state index contributed by atoms with van der Waals surface area (Å²) in [6, 6.07) is 7.85. The van der Waals surface area contributed by atoms with Gasteiger partial charge in [-0.1, -0.05) is 22.8 Å². The number of alkyl halides is 3. The van der Waals surface area contributed by atoms with E-state index in [1.807, 2.05) is 0 Å². The lowest BCUT2D eigenvalue weighted by atomic mass is 10.1. The van der Waals surface area contributed by atoms with Gasteiger partial charge in [-0.25, -0.2) is 0 Å². The fraction of sp³-hybridized carbons (Fsp3) is 0.150. The molecule has 9 nitrogen and oxygen atoms in total. The molecule has 4 rings (SSSR count). The molecule has 170 valence electrons. The third-order valence-electron chi connectivity index (χ3n) is 4.55. The zero-order valence-electron chi connectivity index (χ0n) is 16.7. The number of methoxy groups -OCH3 is 1. The number of hydrogen-bond donors (Lipinski definition) is 2. The van der Waals surface area contributed by atoms with E-state index in [1.54, 1.807) is 18.2 Å². The lowest BCUT2D eigenvalue weighted by molar-refractivity contribution is -0.159. The average Bonchev–Trinajstić information content (AvgIpc) is 3.30. The van der Waals surface area contributed by atoms with Crippen molar-refractivity contribution in [2.75, 3.05) is 17.7 Å². The number of ether oxygens (including phenoxy) is 1. The number of nitrogens with one attached hydrogen (secondary N) is 2. The van der Waals surface area contributed by atoms with Gasteiger partial charge in [0.25, 0.3) is 10.9 Å². The molecule has 2 N–H and O–H groups in total. The van der Waals surface area contributed by atoms with Crippen LogP contribution in [0.15, 0.2) is 50.6 Å². The van der Waals surface area contributed by atoms with E-state index < -0.39 is 22.9 Å². The number of pyridine rings is 1. The first-order valence-electron chi connectivity index (χ1n) is 9.22. The molecule has 0 bridgehead atoms. The standard InChI is InChI=1S/C20H13ClF3N5O4/c1-32-12-4-2-3-11(21)13(12)27-15-14(16(30)17(15)31)26-8-10-6-5-9(7-25-10)18-28-19(33-29-18)20(22,23)24/h2-7,26-27H,8H2,1H3. The number of rotatable bonds is 7. The highest BCUT2D eigenvalue weighted by atomic mass is 35.5. The van der Waals surface area contributed by atoms with Crippen molar-refractivity contribution in [1.82, 2.24) is 15.1 Å². The molecule has 4 aromatic rings. The van der Waals surface area contributed by atoms with Gasteiger partial charge in [0, 0.05) is 11.8 Å². The minimum absolute atomic E-state index is 0.0227. The van der Waals surface area contributed by atoms with Crippen LogP contribution in [-0.4, -0.2) is 22.2 Å². The maximum Gasteiger partial charge on any atom is 0.471 e. The summed E-state index contributed by atoms with van der Waals surface area (Å²) in [5.74, 6) is -1.34. The largest absolute Gasteiger partial charge is 0.495 e. The Bertz CT molecular complexity index is 1380. The van der Waals surface area contributed by atoms with Crippen molar-refractivity contribution in [2.45, 2.75) is 12.7 Å². The summed E-state index contributed by atoms with van der Waals surface area (Å²) >= 11 is 6.16. The first-order valence-corrected chi connectivity index (χ1v) is 9.59. The van der Waals surface area contributed by atoms with Crippen molar-refractivity contribution in [3.63, 3.8) is 0 Å². The van der Waals surface area contributed by atoms with Crippen LogP contribution in [0, 0.1) is 0 Å². The molecule has 0 spiro atoms. The van der Waals surface area contributed by atoms with Gasteiger partial charge in [0.15, 0.2) is 0 Å². The van der Waals surface area contributed by atoms with Crippen molar-refractivity contribution < 1.29 is 22.4 Å². The highest BCUT2D eigenvalue weighted by molar-refractivity contribution is 6.33. The van der Waals surface area contributed by atoms with Crippen molar-refractivity contribution >= 4 is 28.7 Å². The molecule has 0 saturated carbocycles. The lowest BCUT2D eigenvalue weighted by Gasteiger charge is -2.17. The molecule has 2 aromatic heterocycles. The molecular weight excluding hydrogens is 467 g/mol. The summed E-state index contributed by atoms with van der Waals surface area (Å²) in [5.41, 5.74) is -0.396. The number of nitrogens with zero attached hydrogens (tertiary/aromatic N) is 3. The Balaban J connectivity index is 1.48. The van der Waals surface area contributed by atoms with E-state index in [9.17, 15) is 22.8 Å². The summed E-state index contributed by atoms with van der Waals surface area (Å²) in [6.45, 7) is 0.0551. The number of benzene rings is 1. The highest BCUT2D eigenvalue weighted by Crippen LogP contribution is 2.35. The molecule has 0 atom stereocenters. The summed E-state index contributed by atoms with van der Waals surface area (Å²) in [7, 11) is 1.44. The van der Waals surface area contributed by atoms with E-state index >= 15 is 0 Å². The van der Waals surface area contributed by atoms with Gasteiger partial charge in [-0.15, -0.1) is 0 Å². The van der Waals surface area contributed by atoms with Gasteiger partial charge in [-0.05, 0) is 24.3 Å².